The van der Waals surface area contributed by atoms with E-state index in [9.17, 15) is 0 Å². The minimum absolute atomic E-state index is 1.34. The maximum atomic E-state index is 2.53. The molecule has 0 unspecified atom stereocenters. The van der Waals surface area contributed by atoms with Crippen molar-refractivity contribution in [2.45, 2.75) is 71.1 Å². The molecule has 0 radical (unpaired) electrons. The van der Waals surface area contributed by atoms with Crippen molar-refractivity contribution >= 4 is 0 Å². The molecule has 1 aliphatic carbocycles. The molecule has 0 heteroatoms. The average Bonchev–Trinajstić information content (AvgIpc) is 2.41. The van der Waals surface area contributed by atoms with E-state index in [1.165, 1.54) is 64.2 Å². The van der Waals surface area contributed by atoms with Gasteiger partial charge in [0.2, 0.25) is 0 Å². The van der Waals surface area contributed by atoms with Crippen LogP contribution in [-0.4, -0.2) is 0 Å². The Labute approximate surface area is 83.4 Å². The molecule has 0 nitrogen and oxygen atoms in total. The van der Waals surface area contributed by atoms with Crippen LogP contribution in [-0.2, 0) is 0 Å². The van der Waals surface area contributed by atoms with Gasteiger partial charge in [0.25, 0.3) is 0 Å². The van der Waals surface area contributed by atoms with Crippen LogP contribution in [0.3, 0.4) is 0 Å². The Kier molecular flexibility index (Phi) is 5.97. The topological polar surface area (TPSA) is 0 Å². The average molecular weight is 180 g/mol. The number of unbranched alkanes of at least 4 members (excludes halogenated alkanes) is 3. The molecule has 1 aliphatic rings. The third kappa shape index (κ3) is 5.13. The zero-order valence-corrected chi connectivity index (χ0v) is 9.15. The lowest BCUT2D eigenvalue weighted by Gasteiger charge is -2.01. The lowest BCUT2D eigenvalue weighted by Crippen LogP contribution is -1.81. The van der Waals surface area contributed by atoms with E-state index >= 15 is 0 Å². The maximum Gasteiger partial charge on any atom is -0.0320 e. The summed E-state index contributed by atoms with van der Waals surface area (Å²) in [5.74, 6) is 0. The Hall–Kier alpha value is -0.260. The number of hydrogen-bond acceptors (Lipinski definition) is 0. The van der Waals surface area contributed by atoms with Crippen molar-refractivity contribution in [2.75, 3.05) is 0 Å². The summed E-state index contributed by atoms with van der Waals surface area (Å²) in [7, 11) is 0. The molecular weight excluding hydrogens is 156 g/mol. The van der Waals surface area contributed by atoms with Crippen molar-refractivity contribution in [3.05, 3.63) is 11.6 Å². The van der Waals surface area contributed by atoms with Gasteiger partial charge in [0.15, 0.2) is 0 Å². The monoisotopic (exact) mass is 180 g/mol. The van der Waals surface area contributed by atoms with Gasteiger partial charge in [-0.05, 0) is 38.5 Å². The van der Waals surface area contributed by atoms with Crippen LogP contribution < -0.4 is 0 Å². The van der Waals surface area contributed by atoms with Crippen LogP contribution in [0.15, 0.2) is 11.6 Å². The third-order valence-electron chi connectivity index (χ3n) is 2.99. The van der Waals surface area contributed by atoms with Crippen LogP contribution in [0, 0.1) is 0 Å². The third-order valence-corrected chi connectivity index (χ3v) is 2.99. The summed E-state index contributed by atoms with van der Waals surface area (Å²) >= 11 is 0. The summed E-state index contributed by atoms with van der Waals surface area (Å²) in [4.78, 5) is 0. The standard InChI is InChI=1S/C13H24/c1-2-3-4-7-10-13-11-8-5-6-9-12-13/h10H,2-9,11-12H2,1H3. The molecule has 13 heavy (non-hydrogen) atoms. The molecule has 1 saturated carbocycles. The fraction of sp³-hybridized carbons (Fsp3) is 0.846. The first kappa shape index (κ1) is 10.8. The minimum atomic E-state index is 1.34. The van der Waals surface area contributed by atoms with Crippen LogP contribution in [0.1, 0.15) is 71.1 Å². The second-order valence-electron chi connectivity index (χ2n) is 4.27. The first-order chi connectivity index (χ1) is 6.43. The summed E-state index contributed by atoms with van der Waals surface area (Å²) in [6, 6.07) is 0. The lowest BCUT2D eigenvalue weighted by molar-refractivity contribution is 0.702. The second kappa shape index (κ2) is 7.17. The molecular formula is C13H24. The zero-order chi connectivity index (χ0) is 9.36. The van der Waals surface area contributed by atoms with Crippen molar-refractivity contribution in [2.24, 2.45) is 0 Å². The van der Waals surface area contributed by atoms with Gasteiger partial charge in [-0.3, -0.25) is 0 Å². The van der Waals surface area contributed by atoms with Crippen LogP contribution in [0.4, 0.5) is 0 Å². The Morgan fingerprint density at radius 2 is 1.69 bits per heavy atom. The second-order valence-corrected chi connectivity index (χ2v) is 4.27. The molecule has 1 fully saturated rings. The Morgan fingerprint density at radius 3 is 2.31 bits per heavy atom. The predicted molar refractivity (Wildman–Crippen MR) is 59.9 cm³/mol. The first-order valence-electron chi connectivity index (χ1n) is 6.11. The minimum Gasteiger partial charge on any atom is -0.0853 e. The molecule has 0 heterocycles. The van der Waals surface area contributed by atoms with Gasteiger partial charge in [-0.15, -0.1) is 0 Å². The van der Waals surface area contributed by atoms with E-state index in [-0.39, 0.29) is 0 Å². The van der Waals surface area contributed by atoms with E-state index in [0.717, 1.165) is 0 Å². The molecule has 0 saturated heterocycles. The van der Waals surface area contributed by atoms with Crippen LogP contribution in [0.2, 0.25) is 0 Å². The van der Waals surface area contributed by atoms with E-state index in [4.69, 9.17) is 0 Å². The molecule has 0 spiro atoms. The van der Waals surface area contributed by atoms with Crippen molar-refractivity contribution in [3.8, 4) is 0 Å². The van der Waals surface area contributed by atoms with Gasteiger partial charge in [-0.25, -0.2) is 0 Å². The van der Waals surface area contributed by atoms with Gasteiger partial charge in [-0.1, -0.05) is 44.3 Å². The Balaban J connectivity index is 2.15. The zero-order valence-electron chi connectivity index (χ0n) is 9.15. The normalized spacial score (nSPS) is 18.4. The molecule has 1 rings (SSSR count). The molecule has 0 N–H and O–H groups in total. The van der Waals surface area contributed by atoms with Crippen molar-refractivity contribution in [1.82, 2.24) is 0 Å². The molecule has 0 aliphatic heterocycles. The Morgan fingerprint density at radius 1 is 1.00 bits per heavy atom. The highest BCUT2D eigenvalue weighted by atomic mass is 14.1. The summed E-state index contributed by atoms with van der Waals surface area (Å²) in [5.41, 5.74) is 1.76. The van der Waals surface area contributed by atoms with Crippen molar-refractivity contribution in [3.63, 3.8) is 0 Å². The molecule has 0 aromatic heterocycles. The molecule has 76 valence electrons. The predicted octanol–water partition coefficient (Wildman–Crippen LogP) is 4.85. The van der Waals surface area contributed by atoms with Gasteiger partial charge in [0.05, 0.1) is 0 Å². The van der Waals surface area contributed by atoms with E-state index < -0.39 is 0 Å². The summed E-state index contributed by atoms with van der Waals surface area (Å²) in [6.07, 6.45) is 16.6. The highest BCUT2D eigenvalue weighted by Gasteiger charge is 2.02. The van der Waals surface area contributed by atoms with Gasteiger partial charge >= 0.3 is 0 Å². The molecule has 0 atom stereocenters. The molecule has 0 amide bonds. The molecule has 0 aromatic rings. The van der Waals surface area contributed by atoms with E-state index in [0.29, 0.717) is 0 Å². The van der Waals surface area contributed by atoms with Crippen LogP contribution >= 0.6 is 0 Å². The number of allylic oxidation sites excluding steroid dienone is 2. The van der Waals surface area contributed by atoms with Gasteiger partial charge < -0.3 is 0 Å². The largest absolute Gasteiger partial charge is 0.0853 e. The highest BCUT2D eigenvalue weighted by molar-refractivity contribution is 5.02. The summed E-state index contributed by atoms with van der Waals surface area (Å²) in [6.45, 7) is 2.28. The van der Waals surface area contributed by atoms with E-state index in [1.807, 2.05) is 0 Å². The molecule has 0 aromatic carbocycles. The van der Waals surface area contributed by atoms with E-state index in [2.05, 4.69) is 13.0 Å². The fourth-order valence-electron chi connectivity index (χ4n) is 2.09. The summed E-state index contributed by atoms with van der Waals surface area (Å²) < 4.78 is 0. The maximum absolute atomic E-state index is 2.53. The quantitative estimate of drug-likeness (QED) is 0.330. The van der Waals surface area contributed by atoms with Crippen molar-refractivity contribution in [1.29, 1.82) is 0 Å². The van der Waals surface area contributed by atoms with Gasteiger partial charge in [-0.2, -0.15) is 0 Å². The number of rotatable bonds is 4. The smallest absolute Gasteiger partial charge is 0.0320 e. The van der Waals surface area contributed by atoms with Gasteiger partial charge in [0.1, 0.15) is 0 Å². The Bertz CT molecular complexity index is 134. The number of hydrogen-bond donors (Lipinski definition) is 0. The van der Waals surface area contributed by atoms with E-state index in [1.54, 1.807) is 5.57 Å². The van der Waals surface area contributed by atoms with Gasteiger partial charge in [0, 0.05) is 0 Å². The van der Waals surface area contributed by atoms with Crippen molar-refractivity contribution < 1.29 is 0 Å². The molecule has 0 bridgehead atoms. The SMILES string of the molecule is CCCCCC=C1CCCCCC1. The lowest BCUT2D eigenvalue weighted by atomic mass is 10.1. The van der Waals surface area contributed by atoms with Crippen LogP contribution in [0.5, 0.6) is 0 Å². The van der Waals surface area contributed by atoms with Crippen LogP contribution in [0.25, 0.3) is 0 Å². The highest BCUT2D eigenvalue weighted by Crippen LogP contribution is 2.22. The first-order valence-corrected chi connectivity index (χ1v) is 6.11. The fourth-order valence-corrected chi connectivity index (χ4v) is 2.09. The summed E-state index contributed by atoms with van der Waals surface area (Å²) in [5, 5.41) is 0.